The maximum atomic E-state index is 13.0. The van der Waals surface area contributed by atoms with Crippen molar-refractivity contribution in [2.45, 2.75) is 50.7 Å². The van der Waals surface area contributed by atoms with Gasteiger partial charge in [-0.1, -0.05) is 142 Å². The van der Waals surface area contributed by atoms with Crippen LogP contribution in [0, 0.1) is 0 Å². The summed E-state index contributed by atoms with van der Waals surface area (Å²) in [4.78, 5) is 13.0. The summed E-state index contributed by atoms with van der Waals surface area (Å²) in [5, 5.41) is 2.36. The van der Waals surface area contributed by atoms with Crippen molar-refractivity contribution in [2.75, 3.05) is 13.2 Å². The van der Waals surface area contributed by atoms with Crippen LogP contribution in [-0.4, -0.2) is 39.7 Å². The number of esters is 1. The molecule has 0 spiro atoms. The van der Waals surface area contributed by atoms with E-state index in [-0.39, 0.29) is 11.0 Å². The van der Waals surface area contributed by atoms with Gasteiger partial charge in [-0.3, -0.25) is 0 Å². The minimum absolute atomic E-state index is 0.112. The van der Waals surface area contributed by atoms with E-state index in [1.54, 1.807) is 12.1 Å². The van der Waals surface area contributed by atoms with Crippen molar-refractivity contribution in [1.29, 1.82) is 0 Å². The zero-order chi connectivity index (χ0) is 30.1. The lowest BCUT2D eigenvalue weighted by Gasteiger charge is -2.42. The average Bonchev–Trinajstić information content (AvgIpc) is 3.54. The minimum atomic E-state index is -2.65. The summed E-state index contributed by atoms with van der Waals surface area (Å²) < 4.78 is 25.2. The molecule has 5 nitrogen and oxygen atoms in total. The minimum Gasteiger partial charge on any atom is -0.456 e. The van der Waals surface area contributed by atoms with Gasteiger partial charge >= 0.3 is 5.97 Å². The molecule has 0 radical (unpaired) electrons. The van der Waals surface area contributed by atoms with E-state index in [2.05, 4.69) is 69.3 Å². The Balaban J connectivity index is 1.33. The molecule has 3 atom stereocenters. The highest BCUT2D eigenvalue weighted by atomic mass is 28.4. The van der Waals surface area contributed by atoms with Gasteiger partial charge in [-0.05, 0) is 27.5 Å². The molecule has 1 unspecified atom stereocenters. The molecule has 0 bridgehead atoms. The van der Waals surface area contributed by atoms with Crippen molar-refractivity contribution in [3.8, 4) is 0 Å². The fraction of sp³-hybridized carbons (Fsp3) is 0.270. The number of hydrogen-bond donors (Lipinski definition) is 0. The Morgan fingerprint density at radius 3 is 1.91 bits per heavy atom. The molecule has 0 N–H and O–H groups in total. The fourth-order valence-corrected chi connectivity index (χ4v) is 10.2. The van der Waals surface area contributed by atoms with E-state index < -0.39 is 26.8 Å². The molecule has 4 aromatic rings. The zero-order valence-electron chi connectivity index (χ0n) is 25.1. The first-order valence-corrected chi connectivity index (χ1v) is 16.8. The SMILES string of the molecule is CC(C)(C)[Si](OC/C=C/C[C@@H](OC(=O)c1ccccc1)[C@@H]1COC(c2ccccc2)O1)(c1ccccc1)c1ccccc1. The Morgan fingerprint density at radius 1 is 0.814 bits per heavy atom. The zero-order valence-corrected chi connectivity index (χ0v) is 26.1. The number of carbonyl (C=O) groups excluding carboxylic acids is 1. The van der Waals surface area contributed by atoms with Crippen molar-refractivity contribution >= 4 is 24.7 Å². The molecule has 6 heteroatoms. The van der Waals surface area contributed by atoms with Gasteiger partial charge in [0.1, 0.15) is 12.2 Å². The maximum absolute atomic E-state index is 13.0. The number of benzene rings is 4. The summed E-state index contributed by atoms with van der Waals surface area (Å²) in [6.45, 7) is 7.56. The van der Waals surface area contributed by atoms with Crippen LogP contribution in [-0.2, 0) is 18.6 Å². The normalized spacial score (nSPS) is 18.0. The summed E-state index contributed by atoms with van der Waals surface area (Å²) in [6.07, 6.45) is 3.11. The van der Waals surface area contributed by atoms with Crippen molar-refractivity contribution in [3.05, 3.63) is 145 Å². The molecule has 1 aliphatic rings. The highest BCUT2D eigenvalue weighted by Gasteiger charge is 2.49. The number of ether oxygens (including phenoxy) is 3. The first-order valence-electron chi connectivity index (χ1n) is 14.9. The highest BCUT2D eigenvalue weighted by molar-refractivity contribution is 6.99. The van der Waals surface area contributed by atoms with Gasteiger partial charge in [0.15, 0.2) is 6.29 Å². The lowest BCUT2D eigenvalue weighted by molar-refractivity contribution is -0.0862. The Bertz CT molecular complexity index is 1410. The Morgan fingerprint density at radius 2 is 1.35 bits per heavy atom. The van der Waals surface area contributed by atoms with Crippen LogP contribution in [0.4, 0.5) is 0 Å². The molecule has 0 amide bonds. The summed E-state index contributed by atoms with van der Waals surface area (Å²) in [6, 6.07) is 40.0. The van der Waals surface area contributed by atoms with E-state index in [1.165, 1.54) is 10.4 Å². The monoisotopic (exact) mass is 592 g/mol. The number of rotatable bonds is 11. The van der Waals surface area contributed by atoms with Crippen molar-refractivity contribution < 1.29 is 23.4 Å². The van der Waals surface area contributed by atoms with Gasteiger partial charge in [-0.15, -0.1) is 0 Å². The Labute approximate surface area is 256 Å². The van der Waals surface area contributed by atoms with Gasteiger partial charge in [0, 0.05) is 12.0 Å². The largest absolute Gasteiger partial charge is 0.456 e. The summed E-state index contributed by atoms with van der Waals surface area (Å²) in [5.41, 5.74) is 1.44. The van der Waals surface area contributed by atoms with E-state index in [0.717, 1.165) is 5.56 Å². The molecule has 43 heavy (non-hydrogen) atoms. The van der Waals surface area contributed by atoms with Gasteiger partial charge in [-0.25, -0.2) is 4.79 Å². The lowest BCUT2D eigenvalue weighted by Crippen LogP contribution is -2.66. The second-order valence-corrected chi connectivity index (χ2v) is 16.0. The predicted octanol–water partition coefficient (Wildman–Crippen LogP) is 6.85. The van der Waals surface area contributed by atoms with Crippen LogP contribution in [0.15, 0.2) is 133 Å². The quantitative estimate of drug-likeness (QED) is 0.108. The van der Waals surface area contributed by atoms with Gasteiger partial charge in [0.05, 0.1) is 18.8 Å². The summed E-state index contributed by atoms with van der Waals surface area (Å²) in [5.74, 6) is -0.380. The molecule has 5 rings (SSSR count). The van der Waals surface area contributed by atoms with Gasteiger partial charge in [0.25, 0.3) is 8.32 Å². The molecule has 222 valence electrons. The van der Waals surface area contributed by atoms with Crippen LogP contribution < -0.4 is 10.4 Å². The average molecular weight is 593 g/mol. The van der Waals surface area contributed by atoms with Crippen LogP contribution in [0.1, 0.15) is 49.4 Å². The van der Waals surface area contributed by atoms with Crippen molar-refractivity contribution in [1.82, 2.24) is 0 Å². The van der Waals surface area contributed by atoms with Crippen LogP contribution >= 0.6 is 0 Å². The Kier molecular flexibility index (Phi) is 10.1. The first kappa shape index (κ1) is 30.6. The van der Waals surface area contributed by atoms with Crippen LogP contribution in [0.25, 0.3) is 0 Å². The van der Waals surface area contributed by atoms with Gasteiger partial charge in [0.2, 0.25) is 0 Å². The third-order valence-electron chi connectivity index (χ3n) is 7.81. The predicted molar refractivity (Wildman–Crippen MR) is 173 cm³/mol. The molecule has 0 saturated carbocycles. The van der Waals surface area contributed by atoms with E-state index >= 15 is 0 Å². The van der Waals surface area contributed by atoms with Crippen molar-refractivity contribution in [3.63, 3.8) is 0 Å². The van der Waals surface area contributed by atoms with E-state index in [0.29, 0.717) is 25.2 Å². The second-order valence-electron chi connectivity index (χ2n) is 11.7. The van der Waals surface area contributed by atoms with E-state index in [9.17, 15) is 4.79 Å². The maximum Gasteiger partial charge on any atom is 0.338 e. The molecular weight excluding hydrogens is 552 g/mol. The topological polar surface area (TPSA) is 54.0 Å². The molecule has 1 saturated heterocycles. The number of carbonyl (C=O) groups is 1. The van der Waals surface area contributed by atoms with Crippen LogP contribution in [0.2, 0.25) is 5.04 Å². The van der Waals surface area contributed by atoms with Crippen molar-refractivity contribution in [2.24, 2.45) is 0 Å². The van der Waals surface area contributed by atoms with E-state index in [4.69, 9.17) is 18.6 Å². The standard InChI is InChI=1S/C37H40O5Si/c1-37(2,3)43(31-22-12-6-13-23-31,32-24-14-7-15-25-32)40-27-17-16-26-33(41-35(38)29-18-8-4-9-19-29)34-28-39-36(42-34)30-20-10-5-11-21-30/h4-25,33-34,36H,26-28H2,1-3H3/b17-16+/t33-,34+,36?/m1/s1. The van der Waals surface area contributed by atoms with Gasteiger partial charge in [-0.2, -0.15) is 0 Å². The van der Waals surface area contributed by atoms with Gasteiger partial charge < -0.3 is 18.6 Å². The summed E-state index contributed by atoms with van der Waals surface area (Å²) in [7, 11) is -2.65. The van der Waals surface area contributed by atoms with Crippen LogP contribution in [0.3, 0.4) is 0 Å². The number of hydrogen-bond acceptors (Lipinski definition) is 5. The molecule has 1 heterocycles. The third-order valence-corrected chi connectivity index (χ3v) is 12.8. The molecule has 1 fully saturated rings. The smallest absolute Gasteiger partial charge is 0.338 e. The Hall–Kier alpha value is -3.81. The third kappa shape index (κ3) is 7.23. The molecular formula is C37H40O5Si. The molecule has 0 aliphatic carbocycles. The second kappa shape index (κ2) is 14.1. The fourth-order valence-electron chi connectivity index (χ4n) is 5.69. The summed E-state index contributed by atoms with van der Waals surface area (Å²) >= 11 is 0. The first-order chi connectivity index (χ1) is 20.9. The molecule has 4 aromatic carbocycles. The highest BCUT2D eigenvalue weighted by Crippen LogP contribution is 2.37. The van der Waals surface area contributed by atoms with E-state index in [1.807, 2.05) is 72.8 Å². The van der Waals surface area contributed by atoms with Crippen LogP contribution in [0.5, 0.6) is 0 Å². The molecule has 1 aliphatic heterocycles. The molecule has 0 aromatic heterocycles. The lowest BCUT2D eigenvalue weighted by atomic mass is 10.1.